The highest BCUT2D eigenvalue weighted by molar-refractivity contribution is 9.10. The SMILES string of the molecule is BrCC(CBr)(CC1CC2CCC1C2)c1cccc(Br)c1. The van der Waals surface area contributed by atoms with E-state index in [0.29, 0.717) is 0 Å². The van der Waals surface area contributed by atoms with Gasteiger partial charge < -0.3 is 0 Å². The number of benzene rings is 1. The summed E-state index contributed by atoms with van der Waals surface area (Å²) in [6.07, 6.45) is 7.27. The second kappa shape index (κ2) is 6.42. The van der Waals surface area contributed by atoms with E-state index in [0.717, 1.165) is 28.4 Å². The molecule has 1 aromatic rings. The first kappa shape index (κ1) is 15.6. The lowest BCUT2D eigenvalue weighted by Gasteiger charge is -2.36. The van der Waals surface area contributed by atoms with Crippen LogP contribution in [0.5, 0.6) is 0 Å². The van der Waals surface area contributed by atoms with Crippen molar-refractivity contribution in [3.05, 3.63) is 34.3 Å². The molecule has 0 aromatic heterocycles. The second-order valence-corrected chi connectivity index (χ2v) is 8.73. The predicted octanol–water partition coefficient (Wildman–Crippen LogP) is 6.30. The van der Waals surface area contributed by atoms with Crippen LogP contribution >= 0.6 is 47.8 Å². The van der Waals surface area contributed by atoms with Gasteiger partial charge in [-0.15, -0.1) is 0 Å². The van der Waals surface area contributed by atoms with Gasteiger partial charge in [-0.05, 0) is 61.1 Å². The average Bonchev–Trinajstić information content (AvgIpc) is 3.07. The topological polar surface area (TPSA) is 0 Å². The summed E-state index contributed by atoms with van der Waals surface area (Å²) >= 11 is 11.2. The zero-order valence-electron chi connectivity index (χ0n) is 11.6. The van der Waals surface area contributed by atoms with Gasteiger partial charge in [0, 0.05) is 20.5 Å². The fraction of sp³-hybridized carbons (Fsp3) is 0.647. The number of fused-ring (bicyclic) bond motifs is 2. The lowest BCUT2D eigenvalue weighted by atomic mass is 9.72. The van der Waals surface area contributed by atoms with Crippen LogP contribution in [-0.2, 0) is 5.41 Å². The Kier molecular flexibility index (Phi) is 4.99. The molecule has 0 radical (unpaired) electrons. The molecular formula is C17H21Br3. The monoisotopic (exact) mass is 462 g/mol. The van der Waals surface area contributed by atoms with Gasteiger partial charge >= 0.3 is 0 Å². The lowest BCUT2D eigenvalue weighted by molar-refractivity contribution is 0.266. The second-order valence-electron chi connectivity index (χ2n) is 6.70. The molecule has 3 unspecified atom stereocenters. The van der Waals surface area contributed by atoms with Gasteiger partial charge in [-0.25, -0.2) is 0 Å². The van der Waals surface area contributed by atoms with Gasteiger partial charge in [0.1, 0.15) is 0 Å². The molecule has 1 aromatic carbocycles. The van der Waals surface area contributed by atoms with Crippen LogP contribution in [0.2, 0.25) is 0 Å². The maximum absolute atomic E-state index is 3.81. The van der Waals surface area contributed by atoms with E-state index in [-0.39, 0.29) is 5.41 Å². The fourth-order valence-electron chi connectivity index (χ4n) is 4.36. The smallest absolute Gasteiger partial charge is 0.0178 e. The van der Waals surface area contributed by atoms with Crippen molar-refractivity contribution < 1.29 is 0 Å². The molecule has 0 nitrogen and oxygen atoms in total. The van der Waals surface area contributed by atoms with E-state index in [2.05, 4.69) is 72.1 Å². The quantitative estimate of drug-likeness (QED) is 0.448. The Hall–Kier alpha value is 0.660. The lowest BCUT2D eigenvalue weighted by Crippen LogP contribution is -2.34. The maximum Gasteiger partial charge on any atom is 0.0178 e. The molecular weight excluding hydrogens is 444 g/mol. The van der Waals surface area contributed by atoms with Crippen LogP contribution in [0.25, 0.3) is 0 Å². The third kappa shape index (κ3) is 2.92. The first-order valence-electron chi connectivity index (χ1n) is 7.55. The molecule has 3 heteroatoms. The highest BCUT2D eigenvalue weighted by Crippen LogP contribution is 2.52. The predicted molar refractivity (Wildman–Crippen MR) is 97.0 cm³/mol. The van der Waals surface area contributed by atoms with Crippen LogP contribution in [0, 0.1) is 17.8 Å². The molecule has 2 aliphatic carbocycles. The van der Waals surface area contributed by atoms with Crippen LogP contribution in [-0.4, -0.2) is 10.7 Å². The van der Waals surface area contributed by atoms with E-state index >= 15 is 0 Å². The van der Waals surface area contributed by atoms with Gasteiger partial charge in [-0.2, -0.15) is 0 Å². The molecule has 0 spiro atoms. The highest BCUT2D eigenvalue weighted by Gasteiger charge is 2.43. The minimum Gasteiger partial charge on any atom is -0.0918 e. The van der Waals surface area contributed by atoms with Gasteiger partial charge in [0.25, 0.3) is 0 Å². The van der Waals surface area contributed by atoms with Gasteiger partial charge in [0.15, 0.2) is 0 Å². The van der Waals surface area contributed by atoms with E-state index in [9.17, 15) is 0 Å². The highest BCUT2D eigenvalue weighted by atomic mass is 79.9. The first-order valence-corrected chi connectivity index (χ1v) is 10.6. The van der Waals surface area contributed by atoms with E-state index in [1.54, 1.807) is 0 Å². The molecule has 110 valence electrons. The van der Waals surface area contributed by atoms with E-state index in [4.69, 9.17) is 0 Å². The third-order valence-corrected chi connectivity index (χ3v) is 8.13. The van der Waals surface area contributed by atoms with E-state index in [1.807, 2.05) is 0 Å². The Bertz CT molecular complexity index is 467. The molecule has 0 N–H and O–H groups in total. The largest absolute Gasteiger partial charge is 0.0918 e. The van der Waals surface area contributed by atoms with Crippen molar-refractivity contribution in [2.75, 3.05) is 10.7 Å². The summed E-state index contributed by atoms with van der Waals surface area (Å²) in [7, 11) is 0. The summed E-state index contributed by atoms with van der Waals surface area (Å²) in [5.74, 6) is 2.98. The molecule has 0 heterocycles. The van der Waals surface area contributed by atoms with Crippen LogP contribution in [0.15, 0.2) is 28.7 Å². The maximum atomic E-state index is 3.81. The first-order chi connectivity index (χ1) is 9.66. The van der Waals surface area contributed by atoms with Crippen molar-refractivity contribution in [1.82, 2.24) is 0 Å². The molecule has 2 aliphatic rings. The van der Waals surface area contributed by atoms with Crippen molar-refractivity contribution in [2.45, 2.75) is 37.5 Å². The Morgan fingerprint density at radius 1 is 1.10 bits per heavy atom. The summed E-state index contributed by atoms with van der Waals surface area (Å²) in [6.45, 7) is 0. The Labute approximate surface area is 147 Å². The van der Waals surface area contributed by atoms with Crippen molar-refractivity contribution in [1.29, 1.82) is 0 Å². The average molecular weight is 465 g/mol. The van der Waals surface area contributed by atoms with Crippen molar-refractivity contribution in [3.63, 3.8) is 0 Å². The number of alkyl halides is 2. The molecule has 2 saturated carbocycles. The van der Waals surface area contributed by atoms with Gasteiger partial charge in [-0.1, -0.05) is 66.3 Å². The Morgan fingerprint density at radius 3 is 2.45 bits per heavy atom. The normalized spacial score (nSPS) is 29.1. The Morgan fingerprint density at radius 2 is 1.90 bits per heavy atom. The van der Waals surface area contributed by atoms with Crippen molar-refractivity contribution in [2.24, 2.45) is 17.8 Å². The summed E-state index contributed by atoms with van der Waals surface area (Å²) in [4.78, 5) is 0. The number of rotatable bonds is 5. The molecule has 20 heavy (non-hydrogen) atoms. The van der Waals surface area contributed by atoms with E-state index < -0.39 is 0 Å². The molecule has 3 atom stereocenters. The molecule has 0 aliphatic heterocycles. The van der Waals surface area contributed by atoms with E-state index in [1.165, 1.54) is 42.1 Å². The number of hydrogen-bond donors (Lipinski definition) is 0. The molecule has 2 bridgehead atoms. The van der Waals surface area contributed by atoms with Crippen LogP contribution in [0.3, 0.4) is 0 Å². The summed E-state index contributed by atoms with van der Waals surface area (Å²) < 4.78 is 1.19. The molecule has 3 rings (SSSR count). The summed E-state index contributed by atoms with van der Waals surface area (Å²) in [6, 6.07) is 8.88. The van der Waals surface area contributed by atoms with Crippen molar-refractivity contribution >= 4 is 47.8 Å². The number of hydrogen-bond acceptors (Lipinski definition) is 0. The van der Waals surface area contributed by atoms with Gasteiger partial charge in [0.05, 0.1) is 0 Å². The number of halogens is 3. The summed E-state index contributed by atoms with van der Waals surface area (Å²) in [5.41, 5.74) is 1.70. The van der Waals surface area contributed by atoms with Gasteiger partial charge in [-0.3, -0.25) is 0 Å². The minimum absolute atomic E-state index is 0.235. The fourth-order valence-corrected chi connectivity index (χ4v) is 6.80. The standard InChI is InChI=1S/C17H21Br3/c18-10-17(11-19,15-2-1-3-16(20)8-15)9-14-7-12-4-5-13(14)6-12/h1-3,8,12-14H,4-7,9-11H2. The zero-order valence-corrected chi connectivity index (χ0v) is 16.4. The van der Waals surface area contributed by atoms with Crippen molar-refractivity contribution in [3.8, 4) is 0 Å². The zero-order chi connectivity index (χ0) is 14.2. The van der Waals surface area contributed by atoms with Gasteiger partial charge in [0.2, 0.25) is 0 Å². The Balaban J connectivity index is 1.84. The third-order valence-electron chi connectivity index (χ3n) is 5.49. The van der Waals surface area contributed by atoms with Crippen LogP contribution in [0.1, 0.15) is 37.7 Å². The summed E-state index contributed by atoms with van der Waals surface area (Å²) in [5, 5.41) is 2.07. The molecule has 0 saturated heterocycles. The molecule has 2 fully saturated rings. The van der Waals surface area contributed by atoms with Crippen LogP contribution < -0.4 is 0 Å². The molecule has 0 amide bonds. The van der Waals surface area contributed by atoms with Crippen LogP contribution in [0.4, 0.5) is 0 Å². The minimum atomic E-state index is 0.235.